The van der Waals surface area contributed by atoms with E-state index in [-0.39, 0.29) is 30.9 Å². The van der Waals surface area contributed by atoms with E-state index >= 15 is 0 Å². The molecule has 0 amide bonds. The molecule has 0 aromatic heterocycles. The second-order valence-electron chi connectivity index (χ2n) is 4.80. The molecule has 1 saturated heterocycles. The zero-order valence-electron chi connectivity index (χ0n) is 8.63. The standard InChI is InChI=1S/C10H16F3NO/c1-5-4-15-8-3-6(10(11,12)13)2-7(14)9(5)8/h5-9H,2-4,14H2,1H3/t5-,6-,7+,8-,9+/m1/s1. The lowest BCUT2D eigenvalue weighted by Crippen LogP contribution is -2.48. The average Bonchev–Trinajstić information content (AvgIpc) is 2.46. The molecule has 0 bridgehead atoms. The van der Waals surface area contributed by atoms with Crippen LogP contribution in [0.5, 0.6) is 0 Å². The molecule has 1 aliphatic heterocycles. The van der Waals surface area contributed by atoms with Gasteiger partial charge in [0, 0.05) is 18.6 Å². The maximum atomic E-state index is 12.6. The summed E-state index contributed by atoms with van der Waals surface area (Å²) in [6, 6.07) is -0.368. The summed E-state index contributed by atoms with van der Waals surface area (Å²) in [5.41, 5.74) is 5.82. The summed E-state index contributed by atoms with van der Waals surface area (Å²) in [7, 11) is 0. The molecule has 1 heterocycles. The molecular weight excluding hydrogens is 207 g/mol. The van der Waals surface area contributed by atoms with Crippen molar-refractivity contribution in [1.82, 2.24) is 0 Å². The van der Waals surface area contributed by atoms with Crippen LogP contribution in [0.15, 0.2) is 0 Å². The molecule has 2 N–H and O–H groups in total. The fraction of sp³-hybridized carbons (Fsp3) is 1.00. The Morgan fingerprint density at radius 1 is 1.27 bits per heavy atom. The lowest BCUT2D eigenvalue weighted by Gasteiger charge is -2.37. The molecule has 5 heteroatoms. The Kier molecular flexibility index (Phi) is 2.71. The van der Waals surface area contributed by atoms with Crippen molar-refractivity contribution < 1.29 is 17.9 Å². The van der Waals surface area contributed by atoms with Crippen molar-refractivity contribution in [3.8, 4) is 0 Å². The van der Waals surface area contributed by atoms with Crippen LogP contribution in [0.2, 0.25) is 0 Å². The summed E-state index contributed by atoms with van der Waals surface area (Å²) in [5.74, 6) is -0.873. The van der Waals surface area contributed by atoms with Crippen molar-refractivity contribution >= 4 is 0 Å². The minimum absolute atomic E-state index is 0.0539. The summed E-state index contributed by atoms with van der Waals surface area (Å²) in [6.07, 6.45) is -4.27. The van der Waals surface area contributed by atoms with Gasteiger partial charge < -0.3 is 10.5 Å². The molecule has 2 aliphatic rings. The molecule has 1 aliphatic carbocycles. The summed E-state index contributed by atoms with van der Waals surface area (Å²) in [6.45, 7) is 2.55. The minimum Gasteiger partial charge on any atom is -0.378 e. The van der Waals surface area contributed by atoms with Gasteiger partial charge in [0.15, 0.2) is 0 Å². The zero-order valence-corrected chi connectivity index (χ0v) is 8.63. The van der Waals surface area contributed by atoms with Gasteiger partial charge in [0.1, 0.15) is 0 Å². The van der Waals surface area contributed by atoms with Gasteiger partial charge >= 0.3 is 6.18 Å². The van der Waals surface area contributed by atoms with Crippen LogP contribution in [-0.4, -0.2) is 24.9 Å². The van der Waals surface area contributed by atoms with E-state index in [1.165, 1.54) is 0 Å². The smallest absolute Gasteiger partial charge is 0.378 e. The molecule has 0 radical (unpaired) electrons. The lowest BCUT2D eigenvalue weighted by atomic mass is 9.73. The van der Waals surface area contributed by atoms with Gasteiger partial charge in [-0.3, -0.25) is 0 Å². The van der Waals surface area contributed by atoms with Crippen molar-refractivity contribution in [2.45, 2.75) is 38.1 Å². The third-order valence-electron chi connectivity index (χ3n) is 3.69. The third kappa shape index (κ3) is 1.99. The SMILES string of the molecule is C[C@@H]1CO[C@@H]2C[C@H](C(F)(F)F)C[C@H](N)[C@H]12. The normalized spacial score (nSPS) is 46.6. The van der Waals surface area contributed by atoms with Crippen LogP contribution < -0.4 is 5.73 Å². The molecule has 2 nitrogen and oxygen atoms in total. The Balaban J connectivity index is 2.09. The molecule has 15 heavy (non-hydrogen) atoms. The van der Waals surface area contributed by atoms with Crippen molar-refractivity contribution in [3.05, 3.63) is 0 Å². The quantitative estimate of drug-likeness (QED) is 0.681. The first kappa shape index (κ1) is 11.2. The first-order chi connectivity index (χ1) is 6.89. The van der Waals surface area contributed by atoms with E-state index in [9.17, 15) is 13.2 Å². The molecule has 2 rings (SSSR count). The predicted molar refractivity (Wildman–Crippen MR) is 49.1 cm³/mol. The second-order valence-corrected chi connectivity index (χ2v) is 4.80. The van der Waals surface area contributed by atoms with Crippen molar-refractivity contribution in [1.29, 1.82) is 0 Å². The van der Waals surface area contributed by atoms with Crippen molar-refractivity contribution in [2.24, 2.45) is 23.5 Å². The van der Waals surface area contributed by atoms with E-state index < -0.39 is 12.1 Å². The van der Waals surface area contributed by atoms with Crippen LogP contribution in [0, 0.1) is 17.8 Å². The van der Waals surface area contributed by atoms with Crippen LogP contribution in [0.1, 0.15) is 19.8 Å². The van der Waals surface area contributed by atoms with Crippen LogP contribution in [0.3, 0.4) is 0 Å². The summed E-state index contributed by atoms with van der Waals surface area (Å²) in [5, 5.41) is 0. The monoisotopic (exact) mass is 223 g/mol. The number of fused-ring (bicyclic) bond motifs is 1. The number of nitrogens with two attached hydrogens (primary N) is 1. The van der Waals surface area contributed by atoms with E-state index in [1.807, 2.05) is 6.92 Å². The van der Waals surface area contributed by atoms with E-state index in [1.54, 1.807) is 0 Å². The number of rotatable bonds is 0. The van der Waals surface area contributed by atoms with Crippen molar-refractivity contribution in [3.63, 3.8) is 0 Å². The summed E-state index contributed by atoms with van der Waals surface area (Å²) >= 11 is 0. The highest BCUT2D eigenvalue weighted by molar-refractivity contribution is 4.96. The van der Waals surface area contributed by atoms with Gasteiger partial charge in [0.25, 0.3) is 0 Å². The molecular formula is C10H16F3NO. The Bertz CT molecular complexity index is 243. The molecule has 5 atom stereocenters. The molecule has 0 unspecified atom stereocenters. The molecule has 1 saturated carbocycles. The lowest BCUT2D eigenvalue weighted by molar-refractivity contribution is -0.194. The molecule has 0 spiro atoms. The minimum atomic E-state index is -4.13. The fourth-order valence-electron chi connectivity index (χ4n) is 2.92. The first-order valence-electron chi connectivity index (χ1n) is 5.33. The third-order valence-corrected chi connectivity index (χ3v) is 3.69. The fourth-order valence-corrected chi connectivity index (χ4v) is 2.92. The van der Waals surface area contributed by atoms with Gasteiger partial charge in [-0.2, -0.15) is 13.2 Å². The highest BCUT2D eigenvalue weighted by Gasteiger charge is 2.51. The molecule has 88 valence electrons. The zero-order chi connectivity index (χ0) is 11.2. The highest BCUT2D eigenvalue weighted by Crippen LogP contribution is 2.44. The van der Waals surface area contributed by atoms with Crippen LogP contribution >= 0.6 is 0 Å². The number of hydrogen-bond acceptors (Lipinski definition) is 2. The van der Waals surface area contributed by atoms with Gasteiger partial charge in [0.05, 0.1) is 12.0 Å². The van der Waals surface area contributed by atoms with Crippen LogP contribution in [0.4, 0.5) is 13.2 Å². The van der Waals surface area contributed by atoms with Gasteiger partial charge in [-0.25, -0.2) is 0 Å². The molecule has 0 aromatic rings. The number of hydrogen-bond donors (Lipinski definition) is 1. The van der Waals surface area contributed by atoms with E-state index in [0.717, 1.165) is 0 Å². The van der Waals surface area contributed by atoms with Crippen LogP contribution in [0.25, 0.3) is 0 Å². The Labute approximate surface area is 87.0 Å². The second kappa shape index (κ2) is 3.63. The first-order valence-corrected chi connectivity index (χ1v) is 5.33. The summed E-state index contributed by atoms with van der Waals surface area (Å²) < 4.78 is 43.1. The van der Waals surface area contributed by atoms with E-state index in [4.69, 9.17) is 10.5 Å². The number of alkyl halides is 3. The van der Waals surface area contributed by atoms with Gasteiger partial charge in [-0.1, -0.05) is 6.92 Å². The summed E-state index contributed by atoms with van der Waals surface area (Å²) in [4.78, 5) is 0. The maximum absolute atomic E-state index is 12.6. The maximum Gasteiger partial charge on any atom is 0.391 e. The number of halogens is 3. The Morgan fingerprint density at radius 3 is 2.53 bits per heavy atom. The average molecular weight is 223 g/mol. The predicted octanol–water partition coefficient (Wildman–Crippen LogP) is 1.94. The van der Waals surface area contributed by atoms with Gasteiger partial charge in [-0.05, 0) is 18.8 Å². The topological polar surface area (TPSA) is 35.2 Å². The number of ether oxygens (including phenoxy) is 1. The molecule has 0 aromatic carbocycles. The van der Waals surface area contributed by atoms with E-state index in [0.29, 0.717) is 12.5 Å². The largest absolute Gasteiger partial charge is 0.391 e. The van der Waals surface area contributed by atoms with Crippen LogP contribution in [-0.2, 0) is 4.74 Å². The van der Waals surface area contributed by atoms with Crippen molar-refractivity contribution in [2.75, 3.05) is 6.61 Å². The van der Waals surface area contributed by atoms with E-state index in [2.05, 4.69) is 0 Å². The molecule has 2 fully saturated rings. The van der Waals surface area contributed by atoms with Gasteiger partial charge in [0.2, 0.25) is 0 Å². The Morgan fingerprint density at radius 2 is 1.93 bits per heavy atom. The van der Waals surface area contributed by atoms with Gasteiger partial charge in [-0.15, -0.1) is 0 Å². The highest BCUT2D eigenvalue weighted by atomic mass is 19.4. The Hall–Kier alpha value is -0.290.